The Balaban J connectivity index is 1.93. The van der Waals surface area contributed by atoms with Gasteiger partial charge in [-0.1, -0.05) is 18.2 Å². The quantitative estimate of drug-likeness (QED) is 0.778. The molecule has 0 atom stereocenters. The Morgan fingerprint density at radius 1 is 1.18 bits per heavy atom. The number of amides is 1. The second-order valence-corrected chi connectivity index (χ2v) is 4.83. The number of hydrogen-bond donors (Lipinski definition) is 0. The van der Waals surface area contributed by atoms with E-state index in [1.54, 1.807) is 4.90 Å². The van der Waals surface area contributed by atoms with Gasteiger partial charge in [0, 0.05) is 38.8 Å². The van der Waals surface area contributed by atoms with Crippen molar-refractivity contribution in [3.05, 3.63) is 30.3 Å². The summed E-state index contributed by atoms with van der Waals surface area (Å²) in [6.45, 7) is 1.96. The van der Waals surface area contributed by atoms with Gasteiger partial charge in [-0.15, -0.1) is 0 Å². The number of benzene rings is 1. The van der Waals surface area contributed by atoms with E-state index in [0.29, 0.717) is 0 Å². The fourth-order valence-electron chi connectivity index (χ4n) is 2.39. The van der Waals surface area contributed by atoms with E-state index in [1.807, 2.05) is 20.2 Å². The zero-order chi connectivity index (χ0) is 12.3. The molecule has 3 nitrogen and oxygen atoms in total. The molecule has 0 saturated carbocycles. The van der Waals surface area contributed by atoms with E-state index in [-0.39, 0.29) is 11.8 Å². The molecule has 3 heteroatoms. The lowest BCUT2D eigenvalue weighted by atomic mass is 9.95. The Morgan fingerprint density at radius 2 is 1.76 bits per heavy atom. The molecule has 1 saturated heterocycles. The van der Waals surface area contributed by atoms with Crippen molar-refractivity contribution in [2.45, 2.75) is 12.8 Å². The van der Waals surface area contributed by atoms with E-state index < -0.39 is 0 Å². The van der Waals surface area contributed by atoms with Crippen molar-refractivity contribution in [3.63, 3.8) is 0 Å². The number of para-hydroxylation sites is 1. The van der Waals surface area contributed by atoms with Crippen LogP contribution in [0.2, 0.25) is 0 Å². The van der Waals surface area contributed by atoms with E-state index in [2.05, 4.69) is 29.2 Å². The third-order valence-electron chi connectivity index (χ3n) is 3.41. The Kier molecular flexibility index (Phi) is 3.67. The van der Waals surface area contributed by atoms with E-state index >= 15 is 0 Å². The summed E-state index contributed by atoms with van der Waals surface area (Å²) in [4.78, 5) is 15.9. The summed E-state index contributed by atoms with van der Waals surface area (Å²) in [6, 6.07) is 10.4. The van der Waals surface area contributed by atoms with Crippen LogP contribution in [0.15, 0.2) is 30.3 Å². The molecular weight excluding hydrogens is 212 g/mol. The second-order valence-electron chi connectivity index (χ2n) is 4.83. The highest BCUT2D eigenvalue weighted by atomic mass is 16.2. The molecular formula is C14H20N2O. The van der Waals surface area contributed by atoms with Crippen LogP contribution in [-0.4, -0.2) is 38.0 Å². The molecule has 2 rings (SSSR count). The molecule has 1 aromatic rings. The van der Waals surface area contributed by atoms with Crippen molar-refractivity contribution in [2.24, 2.45) is 5.92 Å². The van der Waals surface area contributed by atoms with Gasteiger partial charge in [0.2, 0.25) is 5.91 Å². The van der Waals surface area contributed by atoms with Crippen LogP contribution in [0.1, 0.15) is 12.8 Å². The Hall–Kier alpha value is -1.51. The Labute approximate surface area is 103 Å². The summed E-state index contributed by atoms with van der Waals surface area (Å²) in [7, 11) is 3.68. The van der Waals surface area contributed by atoms with Crippen LogP contribution < -0.4 is 4.90 Å². The third-order valence-corrected chi connectivity index (χ3v) is 3.41. The molecule has 1 amide bonds. The number of nitrogens with zero attached hydrogens (tertiary/aromatic N) is 2. The van der Waals surface area contributed by atoms with Crippen LogP contribution in [-0.2, 0) is 4.79 Å². The molecule has 1 aliphatic heterocycles. The minimum absolute atomic E-state index is 0.213. The highest BCUT2D eigenvalue weighted by molar-refractivity contribution is 5.78. The molecule has 0 spiro atoms. The molecule has 92 valence electrons. The van der Waals surface area contributed by atoms with Gasteiger partial charge in [0.1, 0.15) is 0 Å². The summed E-state index contributed by atoms with van der Waals surface area (Å²) >= 11 is 0. The first kappa shape index (κ1) is 12.0. The maximum Gasteiger partial charge on any atom is 0.225 e. The van der Waals surface area contributed by atoms with Gasteiger partial charge in [0.15, 0.2) is 0 Å². The van der Waals surface area contributed by atoms with Crippen molar-refractivity contribution in [1.29, 1.82) is 0 Å². The van der Waals surface area contributed by atoms with E-state index in [9.17, 15) is 4.79 Å². The standard InChI is InChI=1S/C14H20N2O/c1-15(2)14(17)12-8-10-16(11-9-12)13-6-4-3-5-7-13/h3-7,12H,8-11H2,1-2H3. The lowest BCUT2D eigenvalue weighted by molar-refractivity contribution is -0.133. The maximum absolute atomic E-state index is 11.8. The van der Waals surface area contributed by atoms with Crippen molar-refractivity contribution >= 4 is 11.6 Å². The molecule has 1 heterocycles. The summed E-state index contributed by atoms with van der Waals surface area (Å²) in [5, 5.41) is 0. The van der Waals surface area contributed by atoms with Gasteiger partial charge in [-0.3, -0.25) is 4.79 Å². The predicted octanol–water partition coefficient (Wildman–Crippen LogP) is 1.99. The molecule has 0 unspecified atom stereocenters. The molecule has 0 N–H and O–H groups in total. The van der Waals surface area contributed by atoms with Crippen LogP contribution in [0.4, 0.5) is 5.69 Å². The minimum Gasteiger partial charge on any atom is -0.371 e. The highest BCUT2D eigenvalue weighted by Gasteiger charge is 2.25. The third kappa shape index (κ3) is 2.78. The van der Waals surface area contributed by atoms with Crippen molar-refractivity contribution in [1.82, 2.24) is 4.90 Å². The average Bonchev–Trinajstić information content (AvgIpc) is 2.39. The van der Waals surface area contributed by atoms with E-state index in [0.717, 1.165) is 25.9 Å². The number of piperidine rings is 1. The zero-order valence-electron chi connectivity index (χ0n) is 10.6. The van der Waals surface area contributed by atoms with Crippen LogP contribution >= 0.6 is 0 Å². The molecule has 0 aromatic heterocycles. The molecule has 0 bridgehead atoms. The van der Waals surface area contributed by atoms with Crippen molar-refractivity contribution < 1.29 is 4.79 Å². The smallest absolute Gasteiger partial charge is 0.225 e. The van der Waals surface area contributed by atoms with Crippen molar-refractivity contribution in [3.8, 4) is 0 Å². The summed E-state index contributed by atoms with van der Waals surface area (Å²) in [5.41, 5.74) is 1.27. The summed E-state index contributed by atoms with van der Waals surface area (Å²) < 4.78 is 0. The topological polar surface area (TPSA) is 23.6 Å². The van der Waals surface area contributed by atoms with Crippen molar-refractivity contribution in [2.75, 3.05) is 32.1 Å². The highest BCUT2D eigenvalue weighted by Crippen LogP contribution is 2.23. The van der Waals surface area contributed by atoms with Gasteiger partial charge in [0.05, 0.1) is 0 Å². The van der Waals surface area contributed by atoms with E-state index in [1.165, 1.54) is 5.69 Å². The number of hydrogen-bond acceptors (Lipinski definition) is 2. The zero-order valence-corrected chi connectivity index (χ0v) is 10.6. The molecule has 1 aromatic carbocycles. The monoisotopic (exact) mass is 232 g/mol. The second kappa shape index (κ2) is 5.21. The van der Waals surface area contributed by atoms with Gasteiger partial charge in [0.25, 0.3) is 0 Å². The first-order chi connectivity index (χ1) is 8.18. The first-order valence-electron chi connectivity index (χ1n) is 6.19. The molecule has 17 heavy (non-hydrogen) atoms. The molecule has 1 fully saturated rings. The number of rotatable bonds is 2. The molecule has 1 aliphatic rings. The van der Waals surface area contributed by atoms with Gasteiger partial charge in [-0.25, -0.2) is 0 Å². The normalized spacial score (nSPS) is 16.9. The van der Waals surface area contributed by atoms with Gasteiger partial charge < -0.3 is 9.80 Å². The van der Waals surface area contributed by atoms with Gasteiger partial charge in [-0.2, -0.15) is 0 Å². The number of anilines is 1. The predicted molar refractivity (Wildman–Crippen MR) is 70.1 cm³/mol. The Morgan fingerprint density at radius 3 is 2.29 bits per heavy atom. The Bertz CT molecular complexity index is 367. The lowest BCUT2D eigenvalue weighted by Gasteiger charge is -2.33. The van der Waals surface area contributed by atoms with Crippen LogP contribution in [0.25, 0.3) is 0 Å². The number of carbonyl (C=O) groups is 1. The van der Waals surface area contributed by atoms with Crippen LogP contribution in [0, 0.1) is 5.92 Å². The summed E-state index contributed by atoms with van der Waals surface area (Å²) in [5.74, 6) is 0.489. The molecule has 0 aliphatic carbocycles. The minimum atomic E-state index is 0.213. The average molecular weight is 232 g/mol. The maximum atomic E-state index is 11.8. The SMILES string of the molecule is CN(C)C(=O)C1CCN(c2ccccc2)CC1. The fourth-order valence-corrected chi connectivity index (χ4v) is 2.39. The largest absolute Gasteiger partial charge is 0.371 e. The number of carbonyl (C=O) groups excluding carboxylic acids is 1. The van der Waals surface area contributed by atoms with Crippen LogP contribution in [0.3, 0.4) is 0 Å². The first-order valence-corrected chi connectivity index (χ1v) is 6.19. The summed E-state index contributed by atoms with van der Waals surface area (Å²) in [6.07, 6.45) is 1.93. The van der Waals surface area contributed by atoms with Gasteiger partial charge >= 0.3 is 0 Å². The molecule has 0 radical (unpaired) electrons. The van der Waals surface area contributed by atoms with Gasteiger partial charge in [-0.05, 0) is 25.0 Å². The van der Waals surface area contributed by atoms with E-state index in [4.69, 9.17) is 0 Å². The van der Waals surface area contributed by atoms with Crippen LogP contribution in [0.5, 0.6) is 0 Å². The fraction of sp³-hybridized carbons (Fsp3) is 0.500. The lowest BCUT2D eigenvalue weighted by Crippen LogP contribution is -2.40.